The number of carbonyl (C=O) groups excluding carboxylic acids is 2. The normalized spacial score (nSPS) is 13.7. The molecule has 1 N–H and O–H groups in total. The number of anilines is 1. The minimum absolute atomic E-state index is 0.0511. The van der Waals surface area contributed by atoms with Crippen molar-refractivity contribution >= 4 is 29.4 Å². The number of nitrogens with one attached hydrogen (secondary N) is 1. The predicted octanol–water partition coefficient (Wildman–Crippen LogP) is 4.49. The summed E-state index contributed by atoms with van der Waals surface area (Å²) in [6, 6.07) is 19.9. The second kappa shape index (κ2) is 12.0. The maximum atomic E-state index is 12.5. The summed E-state index contributed by atoms with van der Waals surface area (Å²) >= 11 is 1.56. The lowest BCUT2D eigenvalue weighted by Gasteiger charge is -2.35. The van der Waals surface area contributed by atoms with Crippen molar-refractivity contribution in [3.8, 4) is 11.3 Å². The summed E-state index contributed by atoms with van der Waals surface area (Å²) in [6.45, 7) is 9.28. The van der Waals surface area contributed by atoms with Crippen LogP contribution in [0.15, 0.2) is 65.8 Å². The van der Waals surface area contributed by atoms with Crippen molar-refractivity contribution in [2.75, 3.05) is 37.6 Å². The van der Waals surface area contributed by atoms with Crippen LogP contribution in [0, 0.1) is 5.92 Å². The Labute approximate surface area is 217 Å². The molecule has 1 aromatic heterocycles. The molecule has 0 atom stereocenters. The summed E-state index contributed by atoms with van der Waals surface area (Å²) in [6.07, 6.45) is 0. The molecule has 0 spiro atoms. The molecule has 7 nitrogen and oxygen atoms in total. The summed E-state index contributed by atoms with van der Waals surface area (Å²) in [5.41, 5.74) is 3.62. The van der Waals surface area contributed by atoms with Gasteiger partial charge in [-0.2, -0.15) is 0 Å². The summed E-state index contributed by atoms with van der Waals surface area (Å²) in [7, 11) is 0. The fraction of sp³-hybridized carbons (Fsp3) is 0.357. The molecule has 188 valence electrons. The van der Waals surface area contributed by atoms with E-state index in [0.29, 0.717) is 42.0 Å². The van der Waals surface area contributed by atoms with Gasteiger partial charge in [0.1, 0.15) is 5.82 Å². The van der Waals surface area contributed by atoms with Crippen molar-refractivity contribution in [2.24, 2.45) is 5.92 Å². The van der Waals surface area contributed by atoms with Crippen molar-refractivity contribution in [1.82, 2.24) is 20.2 Å². The highest BCUT2D eigenvalue weighted by Crippen LogP contribution is 2.28. The van der Waals surface area contributed by atoms with Gasteiger partial charge in [-0.3, -0.25) is 9.59 Å². The van der Waals surface area contributed by atoms with Crippen molar-refractivity contribution < 1.29 is 9.59 Å². The number of amides is 2. The Morgan fingerprint density at radius 2 is 1.72 bits per heavy atom. The van der Waals surface area contributed by atoms with Gasteiger partial charge < -0.3 is 15.1 Å². The Balaban J connectivity index is 1.52. The first kappa shape index (κ1) is 25.7. The lowest BCUT2D eigenvalue weighted by molar-refractivity contribution is -0.129. The summed E-state index contributed by atoms with van der Waals surface area (Å²) in [4.78, 5) is 38.0. The first-order valence-electron chi connectivity index (χ1n) is 12.3. The van der Waals surface area contributed by atoms with E-state index in [1.165, 1.54) is 0 Å². The predicted molar refractivity (Wildman–Crippen MR) is 145 cm³/mol. The number of hydrogen-bond acceptors (Lipinski definition) is 6. The number of aromatic nitrogens is 2. The average Bonchev–Trinajstić information content (AvgIpc) is 2.91. The molecule has 1 aliphatic rings. The van der Waals surface area contributed by atoms with E-state index in [1.54, 1.807) is 18.7 Å². The molecule has 2 heterocycles. The van der Waals surface area contributed by atoms with E-state index in [-0.39, 0.29) is 11.8 Å². The number of hydrogen-bond donors (Lipinski definition) is 1. The van der Waals surface area contributed by atoms with Gasteiger partial charge in [0.15, 0.2) is 5.16 Å². The molecule has 0 bridgehead atoms. The van der Waals surface area contributed by atoms with Crippen LogP contribution in [0.5, 0.6) is 0 Å². The van der Waals surface area contributed by atoms with E-state index < -0.39 is 0 Å². The van der Waals surface area contributed by atoms with Crippen molar-refractivity contribution in [3.05, 3.63) is 71.8 Å². The fourth-order valence-electron chi connectivity index (χ4n) is 4.00. The van der Waals surface area contributed by atoms with Crippen LogP contribution < -0.4 is 10.2 Å². The molecule has 1 aliphatic heterocycles. The van der Waals surface area contributed by atoms with E-state index in [0.717, 1.165) is 35.7 Å². The molecule has 0 radical (unpaired) electrons. The van der Waals surface area contributed by atoms with Crippen molar-refractivity contribution in [1.29, 1.82) is 0 Å². The highest BCUT2D eigenvalue weighted by atomic mass is 32.2. The number of thioether (sulfide) groups is 1. The standard InChI is InChI=1S/C28H33N5O2S/c1-20(2)18-29-27(35)24-11-7-8-22(16-24)19-36-28-30-25(23-9-5-4-6-10-23)17-26(31-28)33-14-12-32(13-15-33)21(3)34/h4-11,16-17,20H,12-15,18-19H2,1-3H3,(H,29,35). The molecule has 3 aromatic rings. The van der Waals surface area contributed by atoms with Crippen LogP contribution in [-0.2, 0) is 10.5 Å². The molecule has 36 heavy (non-hydrogen) atoms. The number of rotatable bonds is 8. The van der Waals surface area contributed by atoms with Gasteiger partial charge in [0.25, 0.3) is 5.91 Å². The number of carbonyl (C=O) groups is 2. The lowest BCUT2D eigenvalue weighted by atomic mass is 10.1. The van der Waals surface area contributed by atoms with Gasteiger partial charge in [0.05, 0.1) is 5.69 Å². The topological polar surface area (TPSA) is 78.4 Å². The summed E-state index contributed by atoms with van der Waals surface area (Å²) in [5.74, 6) is 1.99. The van der Waals surface area contributed by atoms with Gasteiger partial charge in [-0.05, 0) is 23.6 Å². The highest BCUT2D eigenvalue weighted by molar-refractivity contribution is 7.98. The minimum Gasteiger partial charge on any atom is -0.353 e. The summed E-state index contributed by atoms with van der Waals surface area (Å²) in [5, 5.41) is 3.67. The lowest BCUT2D eigenvalue weighted by Crippen LogP contribution is -2.48. The van der Waals surface area contributed by atoms with E-state index in [4.69, 9.17) is 9.97 Å². The Hall–Kier alpha value is -3.39. The molecule has 2 aromatic carbocycles. The zero-order valence-corrected chi connectivity index (χ0v) is 21.9. The Morgan fingerprint density at radius 3 is 2.42 bits per heavy atom. The third-order valence-corrected chi connectivity index (χ3v) is 6.96. The van der Waals surface area contributed by atoms with Crippen molar-refractivity contribution in [3.63, 3.8) is 0 Å². The second-order valence-electron chi connectivity index (χ2n) is 9.35. The van der Waals surface area contributed by atoms with Gasteiger partial charge >= 0.3 is 0 Å². The SMILES string of the molecule is CC(=O)N1CCN(c2cc(-c3ccccc3)nc(SCc3cccc(C(=O)NCC(C)C)c3)n2)CC1. The smallest absolute Gasteiger partial charge is 0.251 e. The molecular formula is C28H33N5O2S. The fourth-order valence-corrected chi connectivity index (χ4v) is 4.79. The van der Waals surface area contributed by atoms with Gasteiger partial charge in [-0.25, -0.2) is 9.97 Å². The van der Waals surface area contributed by atoms with Crippen LogP contribution in [0.1, 0.15) is 36.7 Å². The molecule has 0 unspecified atom stereocenters. The van der Waals surface area contributed by atoms with E-state index in [9.17, 15) is 9.59 Å². The molecule has 4 rings (SSSR count). The highest BCUT2D eigenvalue weighted by Gasteiger charge is 2.21. The molecule has 8 heteroatoms. The molecule has 0 saturated carbocycles. The molecule has 0 aliphatic carbocycles. The Morgan fingerprint density at radius 1 is 0.972 bits per heavy atom. The number of benzene rings is 2. The zero-order valence-electron chi connectivity index (χ0n) is 21.1. The van der Waals surface area contributed by atoms with Crippen molar-refractivity contribution in [2.45, 2.75) is 31.7 Å². The van der Waals surface area contributed by atoms with Crippen LogP contribution in [-0.4, -0.2) is 59.4 Å². The van der Waals surface area contributed by atoms with Gasteiger partial charge in [-0.15, -0.1) is 0 Å². The average molecular weight is 504 g/mol. The third-order valence-electron chi connectivity index (χ3n) is 6.04. The van der Waals surface area contributed by atoms with Crippen LogP contribution in [0.2, 0.25) is 0 Å². The van der Waals surface area contributed by atoms with E-state index in [2.05, 4.69) is 24.1 Å². The van der Waals surface area contributed by atoms with Gasteiger partial charge in [0, 0.05) is 62.6 Å². The van der Waals surface area contributed by atoms with Crippen LogP contribution in [0.25, 0.3) is 11.3 Å². The van der Waals surface area contributed by atoms with Crippen LogP contribution >= 0.6 is 11.8 Å². The van der Waals surface area contributed by atoms with E-state index in [1.807, 2.05) is 65.6 Å². The van der Waals surface area contributed by atoms with E-state index >= 15 is 0 Å². The monoisotopic (exact) mass is 503 g/mol. The van der Waals surface area contributed by atoms with Gasteiger partial charge in [0.2, 0.25) is 5.91 Å². The van der Waals surface area contributed by atoms with Crippen LogP contribution in [0.3, 0.4) is 0 Å². The molecule has 1 fully saturated rings. The Kier molecular flexibility index (Phi) is 8.59. The first-order valence-corrected chi connectivity index (χ1v) is 13.3. The maximum absolute atomic E-state index is 12.5. The number of piperazine rings is 1. The quantitative estimate of drug-likeness (QED) is 0.361. The molecule has 1 saturated heterocycles. The van der Waals surface area contributed by atoms with Crippen LogP contribution in [0.4, 0.5) is 5.82 Å². The second-order valence-corrected chi connectivity index (χ2v) is 10.3. The largest absolute Gasteiger partial charge is 0.353 e. The maximum Gasteiger partial charge on any atom is 0.251 e. The Bertz CT molecular complexity index is 1190. The minimum atomic E-state index is -0.0511. The summed E-state index contributed by atoms with van der Waals surface area (Å²) < 4.78 is 0. The zero-order chi connectivity index (χ0) is 25.5. The number of nitrogens with zero attached hydrogens (tertiary/aromatic N) is 4. The molecular weight excluding hydrogens is 470 g/mol. The third kappa shape index (κ3) is 6.85. The van der Waals surface area contributed by atoms with Gasteiger partial charge in [-0.1, -0.05) is 68.1 Å². The first-order chi connectivity index (χ1) is 17.4. The molecule has 2 amide bonds.